The van der Waals surface area contributed by atoms with Crippen LogP contribution in [0.15, 0.2) is 12.1 Å². The third kappa shape index (κ3) is 3.45. The molecule has 1 N–H and O–H groups in total. The number of pyridine rings is 1. The molecule has 0 amide bonds. The zero-order valence-electron chi connectivity index (χ0n) is 11.8. The average Bonchev–Trinajstić information content (AvgIpc) is 2.34. The standard InChI is InChI=1S/C14H22N2O2/c1-6-12(9(2)3)16-13-8-7-11(10(4)15-13)14(17)18-5/h7-9,12H,6H2,1-5H3,(H,15,16). The number of nitrogens with zero attached hydrogens (tertiary/aromatic N) is 1. The summed E-state index contributed by atoms with van der Waals surface area (Å²) in [5, 5.41) is 3.39. The number of anilines is 1. The van der Waals surface area contributed by atoms with Gasteiger partial charge in [0.15, 0.2) is 0 Å². The number of ether oxygens (including phenoxy) is 1. The molecule has 0 aliphatic carbocycles. The number of nitrogens with one attached hydrogen (secondary N) is 1. The molecule has 1 heterocycles. The van der Waals surface area contributed by atoms with Crippen molar-refractivity contribution in [2.24, 2.45) is 5.92 Å². The van der Waals surface area contributed by atoms with E-state index in [4.69, 9.17) is 4.74 Å². The van der Waals surface area contributed by atoms with E-state index < -0.39 is 0 Å². The summed E-state index contributed by atoms with van der Waals surface area (Å²) < 4.78 is 4.70. The molecule has 0 fully saturated rings. The minimum Gasteiger partial charge on any atom is -0.465 e. The van der Waals surface area contributed by atoms with Crippen LogP contribution in [0.25, 0.3) is 0 Å². The molecule has 0 bridgehead atoms. The Morgan fingerprint density at radius 1 is 1.44 bits per heavy atom. The summed E-state index contributed by atoms with van der Waals surface area (Å²) in [4.78, 5) is 15.8. The normalized spacial score (nSPS) is 12.3. The third-order valence-electron chi connectivity index (χ3n) is 3.07. The van der Waals surface area contributed by atoms with Crippen molar-refractivity contribution in [2.45, 2.75) is 40.2 Å². The van der Waals surface area contributed by atoms with E-state index in [-0.39, 0.29) is 5.97 Å². The minimum absolute atomic E-state index is 0.345. The van der Waals surface area contributed by atoms with Crippen molar-refractivity contribution < 1.29 is 9.53 Å². The lowest BCUT2D eigenvalue weighted by Gasteiger charge is -2.21. The number of esters is 1. The maximum atomic E-state index is 11.4. The van der Waals surface area contributed by atoms with Crippen molar-refractivity contribution in [3.8, 4) is 0 Å². The number of hydrogen-bond acceptors (Lipinski definition) is 4. The molecule has 0 saturated heterocycles. The first kappa shape index (κ1) is 14.5. The molecule has 1 rings (SSSR count). The predicted octanol–water partition coefficient (Wildman–Crippen LogP) is 3.02. The van der Waals surface area contributed by atoms with Gasteiger partial charge < -0.3 is 10.1 Å². The van der Waals surface area contributed by atoms with E-state index in [1.165, 1.54) is 7.11 Å². The first-order chi connectivity index (χ1) is 8.49. The van der Waals surface area contributed by atoms with E-state index in [2.05, 4.69) is 31.1 Å². The van der Waals surface area contributed by atoms with E-state index in [9.17, 15) is 4.79 Å². The smallest absolute Gasteiger partial charge is 0.339 e. The summed E-state index contributed by atoms with van der Waals surface area (Å²) in [6, 6.07) is 3.97. The second-order valence-electron chi connectivity index (χ2n) is 4.72. The Kier molecular flexibility index (Phi) is 5.13. The van der Waals surface area contributed by atoms with E-state index in [1.54, 1.807) is 6.07 Å². The molecule has 0 aromatic carbocycles. The number of carbonyl (C=O) groups is 1. The highest BCUT2D eigenvalue weighted by Gasteiger charge is 2.14. The van der Waals surface area contributed by atoms with E-state index in [0.717, 1.165) is 12.2 Å². The van der Waals surface area contributed by atoms with Crippen LogP contribution in [0, 0.1) is 12.8 Å². The van der Waals surface area contributed by atoms with Gasteiger partial charge >= 0.3 is 5.97 Å². The molecule has 18 heavy (non-hydrogen) atoms. The number of rotatable bonds is 5. The fourth-order valence-corrected chi connectivity index (χ4v) is 1.90. The van der Waals surface area contributed by atoms with E-state index >= 15 is 0 Å². The highest BCUT2D eigenvalue weighted by Crippen LogP contribution is 2.16. The van der Waals surface area contributed by atoms with Crippen LogP contribution >= 0.6 is 0 Å². The van der Waals surface area contributed by atoms with Crippen molar-refractivity contribution in [1.29, 1.82) is 0 Å². The molecule has 4 nitrogen and oxygen atoms in total. The molecule has 0 spiro atoms. The van der Waals surface area contributed by atoms with Crippen LogP contribution in [-0.4, -0.2) is 24.1 Å². The number of methoxy groups -OCH3 is 1. The number of carbonyl (C=O) groups excluding carboxylic acids is 1. The van der Waals surface area contributed by atoms with Gasteiger partial charge in [-0.15, -0.1) is 0 Å². The maximum absolute atomic E-state index is 11.4. The van der Waals surface area contributed by atoms with Gasteiger partial charge in [0.1, 0.15) is 5.82 Å². The Hall–Kier alpha value is -1.58. The van der Waals surface area contributed by atoms with Gasteiger partial charge in [0, 0.05) is 6.04 Å². The predicted molar refractivity (Wildman–Crippen MR) is 72.9 cm³/mol. The Labute approximate surface area is 109 Å². The fourth-order valence-electron chi connectivity index (χ4n) is 1.90. The van der Waals surface area contributed by atoms with E-state index in [1.807, 2.05) is 13.0 Å². The number of aryl methyl sites for hydroxylation is 1. The summed E-state index contributed by atoms with van der Waals surface area (Å²) >= 11 is 0. The molecule has 4 heteroatoms. The zero-order chi connectivity index (χ0) is 13.7. The van der Waals surface area contributed by atoms with E-state index in [0.29, 0.717) is 23.2 Å². The monoisotopic (exact) mass is 250 g/mol. The van der Waals surface area contributed by atoms with Crippen molar-refractivity contribution >= 4 is 11.8 Å². The highest BCUT2D eigenvalue weighted by molar-refractivity contribution is 5.90. The third-order valence-corrected chi connectivity index (χ3v) is 3.07. The lowest BCUT2D eigenvalue weighted by Crippen LogP contribution is -2.25. The van der Waals surface area contributed by atoms with Crippen molar-refractivity contribution in [1.82, 2.24) is 4.98 Å². The molecule has 1 aromatic heterocycles. The Balaban J connectivity index is 2.87. The molecule has 0 radical (unpaired) electrons. The van der Waals surface area contributed by atoms with Gasteiger partial charge in [-0.25, -0.2) is 9.78 Å². The molecule has 1 unspecified atom stereocenters. The second kappa shape index (κ2) is 6.38. The van der Waals surface area contributed by atoms with Gasteiger partial charge in [-0.1, -0.05) is 20.8 Å². The lowest BCUT2D eigenvalue weighted by atomic mass is 10.0. The van der Waals surface area contributed by atoms with Gasteiger partial charge in [0.05, 0.1) is 18.4 Å². The van der Waals surface area contributed by atoms with Gasteiger partial charge in [0.25, 0.3) is 0 Å². The summed E-state index contributed by atoms with van der Waals surface area (Å²) in [5.41, 5.74) is 1.20. The molecular formula is C14H22N2O2. The molecule has 0 aliphatic rings. The number of hydrogen-bond donors (Lipinski definition) is 1. The maximum Gasteiger partial charge on any atom is 0.339 e. The van der Waals surface area contributed by atoms with Crippen LogP contribution in [0.4, 0.5) is 5.82 Å². The van der Waals surface area contributed by atoms with Crippen molar-refractivity contribution in [3.05, 3.63) is 23.4 Å². The zero-order valence-corrected chi connectivity index (χ0v) is 11.8. The van der Waals surface area contributed by atoms with Gasteiger partial charge in [-0.2, -0.15) is 0 Å². The van der Waals surface area contributed by atoms with Crippen LogP contribution in [0.2, 0.25) is 0 Å². The lowest BCUT2D eigenvalue weighted by molar-refractivity contribution is 0.0599. The van der Waals surface area contributed by atoms with Crippen LogP contribution < -0.4 is 5.32 Å². The summed E-state index contributed by atoms with van der Waals surface area (Å²) in [7, 11) is 1.37. The Bertz CT molecular complexity index is 416. The van der Waals surface area contributed by atoms with Crippen LogP contribution in [0.5, 0.6) is 0 Å². The second-order valence-corrected chi connectivity index (χ2v) is 4.72. The quantitative estimate of drug-likeness (QED) is 0.816. The fraction of sp³-hybridized carbons (Fsp3) is 0.571. The van der Waals surface area contributed by atoms with Crippen LogP contribution in [-0.2, 0) is 4.74 Å². The topological polar surface area (TPSA) is 51.2 Å². The SMILES string of the molecule is CCC(Nc1ccc(C(=O)OC)c(C)n1)C(C)C. The summed E-state index contributed by atoms with van der Waals surface area (Å²) in [5.74, 6) is 1.00. The van der Waals surface area contributed by atoms with Crippen molar-refractivity contribution in [3.63, 3.8) is 0 Å². The molecule has 1 atom stereocenters. The first-order valence-corrected chi connectivity index (χ1v) is 6.32. The van der Waals surface area contributed by atoms with Gasteiger partial charge in [0.2, 0.25) is 0 Å². The van der Waals surface area contributed by atoms with Gasteiger partial charge in [-0.05, 0) is 31.4 Å². The van der Waals surface area contributed by atoms with Crippen LogP contribution in [0.3, 0.4) is 0 Å². The average molecular weight is 250 g/mol. The Morgan fingerprint density at radius 3 is 2.56 bits per heavy atom. The highest BCUT2D eigenvalue weighted by atomic mass is 16.5. The molecule has 100 valence electrons. The molecular weight excluding hydrogens is 228 g/mol. The summed E-state index contributed by atoms with van der Waals surface area (Å²) in [6.45, 7) is 8.31. The Morgan fingerprint density at radius 2 is 2.11 bits per heavy atom. The molecule has 1 aromatic rings. The largest absolute Gasteiger partial charge is 0.465 e. The van der Waals surface area contributed by atoms with Crippen LogP contribution in [0.1, 0.15) is 43.2 Å². The molecule has 0 aliphatic heterocycles. The first-order valence-electron chi connectivity index (χ1n) is 6.32. The number of aromatic nitrogens is 1. The summed E-state index contributed by atoms with van der Waals surface area (Å²) in [6.07, 6.45) is 1.04. The molecule has 0 saturated carbocycles. The minimum atomic E-state index is -0.345. The van der Waals surface area contributed by atoms with Crippen molar-refractivity contribution in [2.75, 3.05) is 12.4 Å². The van der Waals surface area contributed by atoms with Gasteiger partial charge in [-0.3, -0.25) is 0 Å².